The second kappa shape index (κ2) is 9.08. The van der Waals surface area contributed by atoms with Crippen LogP contribution in [0.1, 0.15) is 24.0 Å². The summed E-state index contributed by atoms with van der Waals surface area (Å²) in [4.78, 5) is 26.6. The number of hydrogen-bond acceptors (Lipinski definition) is 7. The van der Waals surface area contributed by atoms with Crippen molar-refractivity contribution in [3.8, 4) is 17.1 Å². The van der Waals surface area contributed by atoms with E-state index in [0.717, 1.165) is 23.5 Å². The Kier molecular flexibility index (Phi) is 5.62. The Hall–Kier alpha value is -3.92. The van der Waals surface area contributed by atoms with Crippen molar-refractivity contribution in [3.05, 3.63) is 98.3 Å². The van der Waals surface area contributed by atoms with Crippen LogP contribution in [0.2, 0.25) is 10.0 Å². The average Bonchev–Trinajstić information content (AvgIpc) is 3.69. The maximum absolute atomic E-state index is 14.1. The van der Waals surface area contributed by atoms with Gasteiger partial charge >= 0.3 is 0 Å². The van der Waals surface area contributed by atoms with Crippen LogP contribution >= 0.6 is 23.2 Å². The Morgan fingerprint density at radius 1 is 1.03 bits per heavy atom. The molecule has 1 saturated carbocycles. The van der Waals surface area contributed by atoms with Crippen LogP contribution in [0.4, 0.5) is 16.0 Å². The molecule has 7 rings (SSSR count). The van der Waals surface area contributed by atoms with Crippen LogP contribution in [0.15, 0.2) is 65.6 Å². The van der Waals surface area contributed by atoms with Crippen LogP contribution in [-0.2, 0) is 12.0 Å². The van der Waals surface area contributed by atoms with E-state index in [9.17, 15) is 9.18 Å². The van der Waals surface area contributed by atoms with Crippen LogP contribution in [-0.4, -0.2) is 31.3 Å². The monoisotopic (exact) mass is 559 g/mol. The highest BCUT2D eigenvalue weighted by molar-refractivity contribution is 6.37. The summed E-state index contributed by atoms with van der Waals surface area (Å²) in [7, 11) is 0. The van der Waals surface area contributed by atoms with Gasteiger partial charge in [0.2, 0.25) is 11.9 Å². The topological polar surface area (TPSA) is 97.6 Å². The van der Waals surface area contributed by atoms with Gasteiger partial charge < -0.3 is 10.6 Å². The van der Waals surface area contributed by atoms with Crippen LogP contribution < -0.4 is 16.2 Å². The Morgan fingerprint density at radius 2 is 1.82 bits per heavy atom. The Balaban J connectivity index is 1.37. The van der Waals surface area contributed by atoms with Gasteiger partial charge in [-0.2, -0.15) is 14.2 Å². The molecule has 1 aliphatic heterocycles. The van der Waals surface area contributed by atoms with E-state index in [2.05, 4.69) is 42.8 Å². The van der Waals surface area contributed by atoms with Gasteiger partial charge in [0.25, 0.3) is 5.56 Å². The van der Waals surface area contributed by atoms with Gasteiger partial charge in [-0.1, -0.05) is 41.4 Å². The predicted molar refractivity (Wildman–Crippen MR) is 148 cm³/mol. The summed E-state index contributed by atoms with van der Waals surface area (Å²) in [5, 5.41) is 11.9. The molecule has 39 heavy (non-hydrogen) atoms. The van der Waals surface area contributed by atoms with Crippen LogP contribution in [0, 0.1) is 5.95 Å². The summed E-state index contributed by atoms with van der Waals surface area (Å²) in [6.45, 7) is 1.82. The van der Waals surface area contributed by atoms with Gasteiger partial charge in [0.05, 0.1) is 21.1 Å². The molecule has 11 heteroatoms. The fourth-order valence-electron chi connectivity index (χ4n) is 5.23. The molecule has 1 aliphatic carbocycles. The lowest BCUT2D eigenvalue weighted by atomic mass is 9.88. The van der Waals surface area contributed by atoms with Gasteiger partial charge in [0.15, 0.2) is 0 Å². The molecule has 0 saturated heterocycles. The molecule has 5 aromatic rings. The van der Waals surface area contributed by atoms with E-state index in [0.29, 0.717) is 0 Å². The van der Waals surface area contributed by atoms with Crippen molar-refractivity contribution < 1.29 is 4.39 Å². The van der Waals surface area contributed by atoms with Crippen molar-refractivity contribution in [1.29, 1.82) is 0 Å². The van der Waals surface area contributed by atoms with E-state index < -0.39 is 11.5 Å². The van der Waals surface area contributed by atoms with E-state index in [-0.39, 0.29) is 49.4 Å². The summed E-state index contributed by atoms with van der Waals surface area (Å²) in [6.07, 6.45) is 3.82. The molecule has 0 atom stereocenters. The molecular formula is C28H20Cl2FN7O. The molecule has 0 amide bonds. The van der Waals surface area contributed by atoms with Crippen molar-refractivity contribution in [3.63, 3.8) is 0 Å². The number of fused-ring (bicyclic) bond motifs is 3. The number of rotatable bonds is 4. The van der Waals surface area contributed by atoms with E-state index in [1.54, 1.807) is 24.3 Å². The van der Waals surface area contributed by atoms with Gasteiger partial charge in [-0.05, 0) is 60.4 Å². The molecule has 3 aromatic heterocycles. The molecule has 2 aliphatic rings. The number of para-hydroxylation sites is 1. The van der Waals surface area contributed by atoms with Crippen LogP contribution in [0.3, 0.4) is 0 Å². The molecule has 1 spiro atoms. The number of benzene rings is 2. The van der Waals surface area contributed by atoms with Crippen molar-refractivity contribution in [2.24, 2.45) is 0 Å². The van der Waals surface area contributed by atoms with Crippen molar-refractivity contribution >= 4 is 45.7 Å². The molecule has 4 heterocycles. The number of nitrogens with one attached hydrogen (secondary N) is 2. The van der Waals surface area contributed by atoms with Gasteiger partial charge in [0.1, 0.15) is 16.9 Å². The zero-order chi connectivity index (χ0) is 26.7. The second-order valence-corrected chi connectivity index (χ2v) is 10.6. The first kappa shape index (κ1) is 24.1. The summed E-state index contributed by atoms with van der Waals surface area (Å²) in [6, 6.07) is 15.5. The zero-order valence-corrected chi connectivity index (χ0v) is 21.9. The van der Waals surface area contributed by atoms with Crippen LogP contribution in [0.5, 0.6) is 0 Å². The van der Waals surface area contributed by atoms with Crippen molar-refractivity contribution in [1.82, 2.24) is 30.0 Å². The van der Waals surface area contributed by atoms with E-state index in [1.165, 1.54) is 42.3 Å². The maximum atomic E-state index is 14.1. The Morgan fingerprint density at radius 3 is 2.59 bits per heavy atom. The highest BCUT2D eigenvalue weighted by atomic mass is 35.5. The molecular weight excluding hydrogens is 540 g/mol. The third-order valence-corrected chi connectivity index (χ3v) is 7.92. The molecule has 2 aromatic carbocycles. The molecule has 2 N–H and O–H groups in total. The van der Waals surface area contributed by atoms with Crippen LogP contribution in [0.25, 0.3) is 28.0 Å². The summed E-state index contributed by atoms with van der Waals surface area (Å²) < 4.78 is 15.2. The molecule has 1 fully saturated rings. The average molecular weight is 560 g/mol. The summed E-state index contributed by atoms with van der Waals surface area (Å²) >= 11 is 12.8. The minimum absolute atomic E-state index is 0.151. The Labute approximate surface area is 231 Å². The molecule has 0 unspecified atom stereocenters. The number of hydrogen-bond donors (Lipinski definition) is 2. The number of halogens is 3. The minimum atomic E-state index is -0.695. The third-order valence-electron chi connectivity index (χ3n) is 7.31. The predicted octanol–water partition coefficient (Wildman–Crippen LogP) is 5.56. The fourth-order valence-corrected chi connectivity index (χ4v) is 5.79. The number of anilines is 2. The van der Waals surface area contributed by atoms with Gasteiger partial charge in [0, 0.05) is 30.4 Å². The number of aromatic nitrogens is 5. The lowest BCUT2D eigenvalue weighted by molar-refractivity contribution is 0.531. The quantitative estimate of drug-likeness (QED) is 0.278. The largest absolute Gasteiger partial charge is 0.324 e. The maximum Gasteiger partial charge on any atom is 0.282 e. The highest BCUT2D eigenvalue weighted by Gasteiger charge is 2.46. The molecule has 0 radical (unpaired) electrons. The SMILES string of the molecule is O=c1c2cnc(Nc3ccc4c(c3)CNCC43CC3)nc2c(-c2cccc(F)n2)nn1-c1c(Cl)cccc1Cl. The first-order valence-corrected chi connectivity index (χ1v) is 13.2. The third kappa shape index (κ3) is 4.14. The molecule has 8 nitrogen and oxygen atoms in total. The van der Waals surface area contributed by atoms with E-state index in [1.807, 2.05) is 6.07 Å². The minimum Gasteiger partial charge on any atom is -0.324 e. The summed E-state index contributed by atoms with van der Waals surface area (Å²) in [5.74, 6) is -0.431. The van der Waals surface area contributed by atoms with Gasteiger partial charge in [-0.15, -0.1) is 0 Å². The highest BCUT2D eigenvalue weighted by Crippen LogP contribution is 2.50. The fraction of sp³-hybridized carbons (Fsp3) is 0.179. The normalized spacial score (nSPS) is 15.4. The van der Waals surface area contributed by atoms with Crippen molar-refractivity contribution in [2.45, 2.75) is 24.8 Å². The molecule has 194 valence electrons. The first-order valence-electron chi connectivity index (χ1n) is 12.4. The zero-order valence-electron chi connectivity index (χ0n) is 20.4. The van der Waals surface area contributed by atoms with E-state index >= 15 is 0 Å². The van der Waals surface area contributed by atoms with Gasteiger partial charge in [-0.3, -0.25) is 4.79 Å². The standard InChI is InChI=1S/C28H20Cl2FN7O/c29-19-3-1-4-20(30)25(19)38-26(39)17-13-33-27(36-23(17)24(37-38)21-5-2-6-22(31)35-21)34-16-7-8-18-15(11-16)12-32-14-28(18)9-10-28/h1-8,11,13,32H,9-10,12,14H2,(H,33,34,36). The Bertz CT molecular complexity index is 1830. The van der Waals surface area contributed by atoms with E-state index in [4.69, 9.17) is 23.2 Å². The smallest absolute Gasteiger partial charge is 0.282 e. The van der Waals surface area contributed by atoms with Crippen molar-refractivity contribution in [2.75, 3.05) is 11.9 Å². The lowest BCUT2D eigenvalue weighted by Gasteiger charge is -2.26. The number of nitrogens with zero attached hydrogens (tertiary/aromatic N) is 5. The second-order valence-electron chi connectivity index (χ2n) is 9.82. The summed E-state index contributed by atoms with van der Waals surface area (Å²) in [5.41, 5.74) is 3.99. The number of pyridine rings is 1. The lowest BCUT2D eigenvalue weighted by Crippen LogP contribution is -2.33. The molecule has 0 bridgehead atoms. The first-order chi connectivity index (χ1) is 18.9. The van der Waals surface area contributed by atoms with Gasteiger partial charge in [-0.25, -0.2) is 15.0 Å².